The molecule has 2 heterocycles. The third-order valence-corrected chi connectivity index (χ3v) is 4.83. The van der Waals surface area contributed by atoms with Gasteiger partial charge in [0.2, 0.25) is 0 Å². The summed E-state index contributed by atoms with van der Waals surface area (Å²) in [4.78, 5) is 11.3. The van der Waals surface area contributed by atoms with E-state index in [2.05, 4.69) is 27.8 Å². The number of aromatic carboxylic acids is 1. The maximum Gasteiger partial charge on any atom is 0.358 e. The quantitative estimate of drug-likeness (QED) is 0.803. The Morgan fingerprint density at radius 2 is 2.19 bits per heavy atom. The van der Waals surface area contributed by atoms with Crippen molar-refractivity contribution >= 4 is 27.4 Å². The molecule has 5 nitrogen and oxygen atoms in total. The zero-order valence-electron chi connectivity index (χ0n) is 11.2. The summed E-state index contributed by atoms with van der Waals surface area (Å²) in [5.41, 5.74) is 2.05. The van der Waals surface area contributed by atoms with E-state index < -0.39 is 5.97 Å². The summed E-state index contributed by atoms with van der Waals surface area (Å²) in [7, 11) is 0. The van der Waals surface area contributed by atoms with Crippen LogP contribution in [0.2, 0.25) is 0 Å². The van der Waals surface area contributed by atoms with E-state index in [9.17, 15) is 9.90 Å². The number of hydrogen-bond donors (Lipinski definition) is 1. The van der Waals surface area contributed by atoms with E-state index >= 15 is 0 Å². The van der Waals surface area contributed by atoms with Crippen LogP contribution in [-0.4, -0.2) is 26.1 Å². The van der Waals surface area contributed by atoms with Gasteiger partial charge in [-0.25, -0.2) is 9.48 Å². The van der Waals surface area contributed by atoms with E-state index in [1.54, 1.807) is 16.0 Å². The Bertz CT molecular complexity index is 832. The molecule has 1 aromatic carbocycles. The van der Waals surface area contributed by atoms with E-state index in [1.807, 2.05) is 12.1 Å². The first kappa shape index (κ1) is 12.5. The van der Waals surface area contributed by atoms with Crippen LogP contribution in [0.25, 0.3) is 10.1 Å². The van der Waals surface area contributed by atoms with Gasteiger partial charge in [-0.2, -0.15) is 0 Å². The van der Waals surface area contributed by atoms with Crippen LogP contribution in [0.5, 0.6) is 0 Å². The van der Waals surface area contributed by atoms with Crippen LogP contribution in [0.15, 0.2) is 29.6 Å². The molecular weight excluding hydrogens is 286 g/mol. The Balaban J connectivity index is 1.76. The van der Waals surface area contributed by atoms with Gasteiger partial charge in [0.15, 0.2) is 5.69 Å². The van der Waals surface area contributed by atoms with Gasteiger partial charge < -0.3 is 5.11 Å². The molecule has 1 fully saturated rings. The summed E-state index contributed by atoms with van der Waals surface area (Å²) in [6.45, 7) is 0.579. The van der Waals surface area contributed by atoms with Gasteiger partial charge in [0.1, 0.15) is 0 Å². The van der Waals surface area contributed by atoms with E-state index in [0.29, 0.717) is 12.5 Å². The number of fused-ring (bicyclic) bond motifs is 1. The third kappa shape index (κ3) is 2.12. The normalized spacial score (nSPS) is 14.7. The number of carboxylic acids is 1. The van der Waals surface area contributed by atoms with Gasteiger partial charge in [-0.05, 0) is 35.2 Å². The second-order valence-corrected chi connectivity index (χ2v) is 6.23. The van der Waals surface area contributed by atoms with Gasteiger partial charge in [0.05, 0.1) is 12.2 Å². The fraction of sp³-hybridized carbons (Fsp3) is 0.267. The maximum atomic E-state index is 11.3. The molecule has 6 heteroatoms. The SMILES string of the molecule is O=C(O)c1nnn(Cc2csc3ccccc23)c1C1CC1. The molecule has 0 bridgehead atoms. The first-order chi connectivity index (χ1) is 10.2. The summed E-state index contributed by atoms with van der Waals surface area (Å²) >= 11 is 1.70. The number of thiophene rings is 1. The van der Waals surface area contributed by atoms with Gasteiger partial charge in [-0.15, -0.1) is 16.4 Å². The fourth-order valence-electron chi connectivity index (χ4n) is 2.67. The molecule has 0 amide bonds. The molecule has 0 saturated heterocycles. The highest BCUT2D eigenvalue weighted by Crippen LogP contribution is 2.41. The average Bonchev–Trinajstić information content (AvgIpc) is 3.11. The Labute approximate surface area is 124 Å². The monoisotopic (exact) mass is 299 g/mol. The van der Waals surface area contributed by atoms with Crippen molar-refractivity contribution in [3.05, 3.63) is 46.6 Å². The molecule has 1 N–H and O–H groups in total. The summed E-state index contributed by atoms with van der Waals surface area (Å²) in [6, 6.07) is 8.23. The lowest BCUT2D eigenvalue weighted by atomic mass is 10.1. The molecule has 2 aromatic heterocycles. The van der Waals surface area contributed by atoms with Crippen molar-refractivity contribution in [3.63, 3.8) is 0 Å². The number of benzene rings is 1. The minimum Gasteiger partial charge on any atom is -0.476 e. The second-order valence-electron chi connectivity index (χ2n) is 5.32. The molecule has 21 heavy (non-hydrogen) atoms. The molecule has 1 aliphatic rings. The van der Waals surface area contributed by atoms with E-state index in [1.165, 1.54) is 15.6 Å². The predicted molar refractivity (Wildman–Crippen MR) is 79.9 cm³/mol. The lowest BCUT2D eigenvalue weighted by Gasteiger charge is -2.05. The van der Waals surface area contributed by atoms with Crippen LogP contribution in [0.1, 0.15) is 40.5 Å². The highest BCUT2D eigenvalue weighted by atomic mass is 32.1. The lowest BCUT2D eigenvalue weighted by Crippen LogP contribution is -2.08. The predicted octanol–water partition coefficient (Wildman–Crippen LogP) is 3.12. The minimum absolute atomic E-state index is 0.108. The topological polar surface area (TPSA) is 68.0 Å². The van der Waals surface area contributed by atoms with Gasteiger partial charge in [-0.1, -0.05) is 23.4 Å². The van der Waals surface area contributed by atoms with Crippen molar-refractivity contribution < 1.29 is 9.90 Å². The molecule has 0 unspecified atom stereocenters. The Morgan fingerprint density at radius 3 is 2.95 bits per heavy atom. The Morgan fingerprint density at radius 1 is 1.38 bits per heavy atom. The summed E-state index contributed by atoms with van der Waals surface area (Å²) in [6.07, 6.45) is 2.05. The molecule has 1 saturated carbocycles. The van der Waals surface area contributed by atoms with Crippen molar-refractivity contribution in [2.24, 2.45) is 0 Å². The van der Waals surface area contributed by atoms with Crippen LogP contribution in [-0.2, 0) is 6.54 Å². The summed E-state index contributed by atoms with van der Waals surface area (Å²) in [5.74, 6) is -0.686. The van der Waals surface area contributed by atoms with Crippen molar-refractivity contribution in [2.75, 3.05) is 0 Å². The molecule has 4 rings (SSSR count). The van der Waals surface area contributed by atoms with Crippen LogP contribution in [0, 0.1) is 0 Å². The van der Waals surface area contributed by atoms with E-state index in [4.69, 9.17) is 0 Å². The lowest BCUT2D eigenvalue weighted by molar-refractivity contribution is 0.0689. The number of aromatic nitrogens is 3. The summed E-state index contributed by atoms with van der Waals surface area (Å²) < 4.78 is 2.99. The van der Waals surface area contributed by atoms with Crippen LogP contribution < -0.4 is 0 Å². The highest BCUT2D eigenvalue weighted by molar-refractivity contribution is 7.17. The molecule has 0 aliphatic heterocycles. The molecule has 0 radical (unpaired) electrons. The standard InChI is InChI=1S/C15H13N3O2S/c19-15(20)13-14(9-5-6-9)18(17-16-13)7-10-8-21-12-4-2-1-3-11(10)12/h1-4,8-9H,5-7H2,(H,19,20). The van der Waals surface area contributed by atoms with Crippen LogP contribution in [0.3, 0.4) is 0 Å². The highest BCUT2D eigenvalue weighted by Gasteiger charge is 2.33. The number of nitrogens with zero attached hydrogens (tertiary/aromatic N) is 3. The van der Waals surface area contributed by atoms with E-state index in [0.717, 1.165) is 18.5 Å². The summed E-state index contributed by atoms with van der Waals surface area (Å²) in [5, 5.41) is 20.5. The Hall–Kier alpha value is -2.21. The molecule has 1 aliphatic carbocycles. The van der Waals surface area contributed by atoms with Crippen molar-refractivity contribution in [3.8, 4) is 0 Å². The van der Waals surface area contributed by atoms with E-state index in [-0.39, 0.29) is 5.69 Å². The first-order valence-electron chi connectivity index (χ1n) is 6.86. The zero-order chi connectivity index (χ0) is 14.4. The second kappa shape index (κ2) is 4.66. The molecule has 0 atom stereocenters. The number of carboxylic acid groups (broad SMARTS) is 1. The van der Waals surface area contributed by atoms with Crippen molar-refractivity contribution in [1.29, 1.82) is 0 Å². The minimum atomic E-state index is -0.988. The van der Waals surface area contributed by atoms with Gasteiger partial charge in [-0.3, -0.25) is 0 Å². The number of carbonyl (C=O) groups is 1. The van der Waals surface area contributed by atoms with Crippen LogP contribution in [0.4, 0.5) is 0 Å². The largest absolute Gasteiger partial charge is 0.476 e. The fourth-order valence-corrected chi connectivity index (χ4v) is 3.62. The molecule has 106 valence electrons. The Kier molecular flexibility index (Phi) is 2.78. The number of hydrogen-bond acceptors (Lipinski definition) is 4. The molecule has 3 aromatic rings. The van der Waals surface area contributed by atoms with Gasteiger partial charge in [0.25, 0.3) is 0 Å². The maximum absolute atomic E-state index is 11.3. The van der Waals surface area contributed by atoms with Crippen molar-refractivity contribution in [1.82, 2.24) is 15.0 Å². The van der Waals surface area contributed by atoms with Gasteiger partial charge >= 0.3 is 5.97 Å². The third-order valence-electron chi connectivity index (χ3n) is 3.82. The smallest absolute Gasteiger partial charge is 0.358 e. The molecular formula is C15H13N3O2S. The first-order valence-corrected chi connectivity index (χ1v) is 7.74. The van der Waals surface area contributed by atoms with Gasteiger partial charge in [0, 0.05) is 10.6 Å². The molecule has 0 spiro atoms. The van der Waals surface area contributed by atoms with Crippen molar-refractivity contribution in [2.45, 2.75) is 25.3 Å². The zero-order valence-corrected chi connectivity index (χ0v) is 12.0. The number of rotatable bonds is 4. The average molecular weight is 299 g/mol. The van der Waals surface area contributed by atoms with Crippen LogP contribution >= 0.6 is 11.3 Å².